The molecule has 0 saturated carbocycles. The Labute approximate surface area is 265 Å². The van der Waals surface area contributed by atoms with Crippen molar-refractivity contribution in [1.82, 2.24) is 4.57 Å². The monoisotopic (exact) mass is 627 g/mol. The van der Waals surface area contributed by atoms with Crippen molar-refractivity contribution in [3.8, 4) is 5.75 Å². The highest BCUT2D eigenvalue weighted by Gasteiger charge is 2.31. The maximum Gasteiger partial charge on any atom is 0.315 e. The third-order valence-corrected chi connectivity index (χ3v) is 8.32. The maximum atomic E-state index is 14.3. The van der Waals surface area contributed by atoms with Gasteiger partial charge in [-0.25, -0.2) is 0 Å². The number of nitrogens with zero attached hydrogens (tertiary/aromatic N) is 1. The first-order chi connectivity index (χ1) is 21.7. The number of carboxylic acids is 1. The van der Waals surface area contributed by atoms with Crippen LogP contribution in [0.1, 0.15) is 63.5 Å². The van der Waals surface area contributed by atoms with E-state index in [0.29, 0.717) is 50.5 Å². The van der Waals surface area contributed by atoms with Gasteiger partial charge in [0.15, 0.2) is 0 Å². The summed E-state index contributed by atoms with van der Waals surface area (Å²) in [7, 11) is 1.50. The van der Waals surface area contributed by atoms with E-state index in [-0.39, 0.29) is 23.5 Å². The Balaban J connectivity index is 1.54. The topological polar surface area (TPSA) is 68.5 Å². The number of fused-ring (bicyclic) bond motifs is 1. The number of hydrogen-bond donors (Lipinski definition) is 1. The highest BCUT2D eigenvalue weighted by molar-refractivity contribution is 6.30. The highest BCUT2D eigenvalue weighted by atomic mass is 35.5. The minimum absolute atomic E-state index is 0.104. The van der Waals surface area contributed by atoms with Crippen LogP contribution >= 0.6 is 11.6 Å². The van der Waals surface area contributed by atoms with E-state index in [1.807, 2.05) is 30.3 Å². The zero-order valence-corrected chi connectivity index (χ0v) is 25.7. The van der Waals surface area contributed by atoms with Gasteiger partial charge >= 0.3 is 5.97 Å². The van der Waals surface area contributed by atoms with Crippen LogP contribution < -0.4 is 4.74 Å². The van der Waals surface area contributed by atoms with E-state index < -0.39 is 18.0 Å². The van der Waals surface area contributed by atoms with Gasteiger partial charge in [0.25, 0.3) is 12.0 Å². The molecule has 5 rings (SSSR count). The standard InChI is InChI=1S/C37H32ClF2NO4/c1-23-33(31-22-29(45-2)19-20-32(31)41(23)36(42)25-15-17-28(38)18-16-25)34(37(43)44)27-13-8-12-26(21-27)30(35(39)40)14-7-6-11-24-9-4-3-5-10-24/h3-5,8-10,12-13,15-22,34H,6-7,11,14H2,1-2H3,(H,43,44). The highest BCUT2D eigenvalue weighted by Crippen LogP contribution is 2.39. The summed E-state index contributed by atoms with van der Waals surface area (Å²) in [6.45, 7) is 1.69. The summed E-state index contributed by atoms with van der Waals surface area (Å²) < 4.78 is 35.5. The van der Waals surface area contributed by atoms with Gasteiger partial charge in [0.05, 0.1) is 12.6 Å². The lowest BCUT2D eigenvalue weighted by Gasteiger charge is -2.17. The first-order valence-corrected chi connectivity index (χ1v) is 15.0. The van der Waals surface area contributed by atoms with Crippen molar-refractivity contribution in [2.45, 2.75) is 38.5 Å². The molecule has 230 valence electrons. The number of ether oxygens (including phenoxy) is 1. The molecule has 1 heterocycles. The van der Waals surface area contributed by atoms with E-state index in [2.05, 4.69) is 0 Å². The minimum Gasteiger partial charge on any atom is -0.497 e. The number of carbonyl (C=O) groups excluding carboxylic acids is 1. The van der Waals surface area contributed by atoms with Crippen molar-refractivity contribution in [2.24, 2.45) is 0 Å². The summed E-state index contributed by atoms with van der Waals surface area (Å²) in [5.41, 5.74) is 3.31. The molecular weight excluding hydrogens is 596 g/mol. The van der Waals surface area contributed by atoms with Gasteiger partial charge in [-0.15, -0.1) is 0 Å². The lowest BCUT2D eigenvalue weighted by Crippen LogP contribution is -2.17. The van der Waals surface area contributed by atoms with Crippen molar-refractivity contribution < 1.29 is 28.2 Å². The van der Waals surface area contributed by atoms with Crippen LogP contribution in [0.25, 0.3) is 16.5 Å². The van der Waals surface area contributed by atoms with Crippen molar-refractivity contribution in [1.29, 1.82) is 0 Å². The van der Waals surface area contributed by atoms with Crippen LogP contribution in [0.15, 0.2) is 103 Å². The van der Waals surface area contributed by atoms with Crippen LogP contribution in [0.2, 0.25) is 5.02 Å². The Kier molecular flexibility index (Phi) is 9.79. The zero-order chi connectivity index (χ0) is 32.1. The SMILES string of the molecule is COc1ccc2c(c1)c(C(C(=O)O)c1cccc(C(CCCCc3ccccc3)=C(F)F)c1)c(C)n2C(=O)c1ccc(Cl)cc1. The van der Waals surface area contributed by atoms with Gasteiger partial charge in [0.1, 0.15) is 11.7 Å². The smallest absolute Gasteiger partial charge is 0.315 e. The van der Waals surface area contributed by atoms with Crippen molar-refractivity contribution in [3.63, 3.8) is 0 Å². The third kappa shape index (κ3) is 6.84. The number of allylic oxidation sites excluding steroid dienone is 1. The number of unbranched alkanes of at least 4 members (excludes halogenated alkanes) is 1. The number of carboxylic acid groups (broad SMARTS) is 1. The van der Waals surface area contributed by atoms with Gasteiger partial charge in [-0.05, 0) is 97.3 Å². The molecule has 45 heavy (non-hydrogen) atoms. The third-order valence-electron chi connectivity index (χ3n) is 8.07. The molecule has 0 spiro atoms. The van der Waals surface area contributed by atoms with Crippen molar-refractivity contribution in [3.05, 3.63) is 142 Å². The lowest BCUT2D eigenvalue weighted by molar-refractivity contribution is -0.137. The molecule has 5 nitrogen and oxygen atoms in total. The number of carbonyl (C=O) groups is 2. The van der Waals surface area contributed by atoms with Crippen LogP contribution in [0.4, 0.5) is 8.78 Å². The molecular formula is C37H32ClF2NO4. The molecule has 1 atom stereocenters. The fraction of sp³-hybridized carbons (Fsp3) is 0.189. The number of benzene rings is 4. The van der Waals surface area contributed by atoms with E-state index >= 15 is 0 Å². The van der Waals surface area contributed by atoms with E-state index in [1.165, 1.54) is 17.7 Å². The molecule has 1 aromatic heterocycles. The van der Waals surface area contributed by atoms with E-state index in [9.17, 15) is 23.5 Å². The average Bonchev–Trinajstić information content (AvgIpc) is 3.32. The number of rotatable bonds is 11. The zero-order valence-electron chi connectivity index (χ0n) is 24.9. The van der Waals surface area contributed by atoms with Gasteiger partial charge in [0, 0.05) is 27.2 Å². The first kappa shape index (κ1) is 31.7. The minimum atomic E-state index is -1.79. The second kappa shape index (κ2) is 13.9. The molecule has 0 aliphatic rings. The fourth-order valence-electron chi connectivity index (χ4n) is 5.86. The van der Waals surface area contributed by atoms with Gasteiger partial charge in [-0.3, -0.25) is 14.2 Å². The number of hydrogen-bond acceptors (Lipinski definition) is 3. The Morgan fingerprint density at radius 1 is 0.889 bits per heavy atom. The van der Waals surface area contributed by atoms with E-state index in [0.717, 1.165) is 18.4 Å². The fourth-order valence-corrected chi connectivity index (χ4v) is 5.98. The molecule has 8 heteroatoms. The number of halogens is 3. The second-order valence-corrected chi connectivity index (χ2v) is 11.3. The summed E-state index contributed by atoms with van der Waals surface area (Å²) in [5, 5.41) is 11.6. The molecule has 0 bridgehead atoms. The van der Waals surface area contributed by atoms with Gasteiger partial charge in [-0.2, -0.15) is 8.78 Å². The maximum absolute atomic E-state index is 14.3. The summed E-state index contributed by atoms with van der Waals surface area (Å²) in [5.74, 6) is -2.30. The molecule has 0 amide bonds. The Bertz CT molecular complexity index is 1880. The second-order valence-electron chi connectivity index (χ2n) is 10.9. The van der Waals surface area contributed by atoms with Gasteiger partial charge in [0.2, 0.25) is 0 Å². The number of aromatic nitrogens is 1. The molecule has 0 aliphatic carbocycles. The van der Waals surface area contributed by atoms with Crippen LogP contribution in [-0.4, -0.2) is 28.7 Å². The quantitative estimate of drug-likeness (QED) is 0.148. The van der Waals surface area contributed by atoms with Crippen LogP contribution in [0.5, 0.6) is 5.75 Å². The Hall–Kier alpha value is -4.75. The number of aliphatic carboxylic acids is 1. The molecule has 5 aromatic rings. The molecule has 0 radical (unpaired) electrons. The van der Waals surface area contributed by atoms with E-state index in [4.69, 9.17) is 16.3 Å². The van der Waals surface area contributed by atoms with Crippen molar-refractivity contribution in [2.75, 3.05) is 7.11 Å². The van der Waals surface area contributed by atoms with Crippen LogP contribution in [-0.2, 0) is 11.2 Å². The number of aryl methyl sites for hydroxylation is 1. The molecule has 0 saturated heterocycles. The molecule has 0 fully saturated rings. The average molecular weight is 628 g/mol. The number of methoxy groups -OCH3 is 1. The summed E-state index contributed by atoms with van der Waals surface area (Å²) >= 11 is 6.04. The largest absolute Gasteiger partial charge is 0.497 e. The Morgan fingerprint density at radius 3 is 2.29 bits per heavy atom. The van der Waals surface area contributed by atoms with Crippen LogP contribution in [0, 0.1) is 6.92 Å². The lowest BCUT2D eigenvalue weighted by atomic mass is 9.87. The predicted molar refractivity (Wildman–Crippen MR) is 173 cm³/mol. The normalized spacial score (nSPS) is 11.8. The first-order valence-electron chi connectivity index (χ1n) is 14.6. The molecule has 0 aliphatic heterocycles. The summed E-state index contributed by atoms with van der Waals surface area (Å²) in [4.78, 5) is 26.8. The van der Waals surface area contributed by atoms with E-state index in [1.54, 1.807) is 67.6 Å². The molecule has 4 aromatic carbocycles. The van der Waals surface area contributed by atoms with Crippen molar-refractivity contribution >= 4 is 40.0 Å². The van der Waals surface area contributed by atoms with Crippen LogP contribution in [0.3, 0.4) is 0 Å². The summed E-state index contributed by atoms with van der Waals surface area (Å²) in [6, 6.07) is 27.7. The predicted octanol–water partition coefficient (Wildman–Crippen LogP) is 9.54. The summed E-state index contributed by atoms with van der Waals surface area (Å²) in [6.07, 6.45) is 0.435. The Morgan fingerprint density at radius 2 is 1.62 bits per heavy atom. The van der Waals surface area contributed by atoms with Gasteiger partial charge in [-0.1, -0.05) is 66.2 Å². The molecule has 1 N–H and O–H groups in total. The molecule has 1 unspecified atom stereocenters. The van der Waals surface area contributed by atoms with Gasteiger partial charge < -0.3 is 9.84 Å².